The van der Waals surface area contributed by atoms with Crippen molar-refractivity contribution in [3.8, 4) is 0 Å². The second kappa shape index (κ2) is 5.11. The molecule has 1 aromatic heterocycles. The lowest BCUT2D eigenvalue weighted by Gasteiger charge is -2.10. The maximum atomic E-state index is 6.07. The number of ether oxygens (including phenoxy) is 1. The van der Waals surface area contributed by atoms with E-state index >= 15 is 0 Å². The summed E-state index contributed by atoms with van der Waals surface area (Å²) in [5.41, 5.74) is 7.05. The maximum absolute atomic E-state index is 6.07. The molecule has 0 saturated heterocycles. The van der Waals surface area contributed by atoms with Gasteiger partial charge in [0.2, 0.25) is 0 Å². The molecule has 5 nitrogen and oxygen atoms in total. The number of aromatic nitrogens is 2. The Morgan fingerprint density at radius 3 is 2.68 bits per heavy atom. The Labute approximate surface area is 111 Å². The summed E-state index contributed by atoms with van der Waals surface area (Å²) in [5.74, 6) is 1.54. The van der Waals surface area contributed by atoms with E-state index in [1.807, 2.05) is 30.3 Å². The molecule has 2 aromatic rings. The highest BCUT2D eigenvalue weighted by molar-refractivity contribution is 5.22. The van der Waals surface area contributed by atoms with E-state index in [-0.39, 0.29) is 12.1 Å². The quantitative estimate of drug-likeness (QED) is 0.891. The van der Waals surface area contributed by atoms with Crippen molar-refractivity contribution >= 4 is 0 Å². The topological polar surface area (TPSA) is 74.2 Å². The first-order valence-electron chi connectivity index (χ1n) is 6.46. The minimum atomic E-state index is -0.339. The lowest BCUT2D eigenvalue weighted by atomic mass is 10.1. The Kier molecular flexibility index (Phi) is 3.31. The molecule has 0 bridgehead atoms. The maximum Gasteiger partial charge on any atom is 0.260 e. The highest BCUT2D eigenvalue weighted by Crippen LogP contribution is 2.38. The number of benzene rings is 1. The molecule has 2 N–H and O–H groups in total. The van der Waals surface area contributed by atoms with Crippen molar-refractivity contribution in [2.75, 3.05) is 7.11 Å². The molecule has 0 spiro atoms. The molecule has 3 rings (SSSR count). The van der Waals surface area contributed by atoms with Gasteiger partial charge in [-0.1, -0.05) is 35.5 Å². The standard InChI is InChI=1S/C14H17N3O2/c1-18-12(10-5-3-2-4-6-10)14-16-13(17-19-14)11(15)9-7-8-9/h2-6,9,11-12H,7-8,15H2,1H3. The minimum Gasteiger partial charge on any atom is -0.367 e. The molecule has 1 fully saturated rings. The molecular weight excluding hydrogens is 242 g/mol. The molecule has 0 radical (unpaired) electrons. The van der Waals surface area contributed by atoms with Gasteiger partial charge in [0.25, 0.3) is 5.89 Å². The molecule has 100 valence electrons. The summed E-state index contributed by atoms with van der Waals surface area (Å²) < 4.78 is 10.8. The van der Waals surface area contributed by atoms with Gasteiger partial charge in [-0.05, 0) is 24.3 Å². The molecule has 1 aromatic carbocycles. The number of methoxy groups -OCH3 is 1. The van der Waals surface area contributed by atoms with Gasteiger partial charge < -0.3 is 15.0 Å². The van der Waals surface area contributed by atoms with Gasteiger partial charge in [-0.25, -0.2) is 0 Å². The third-order valence-electron chi connectivity index (χ3n) is 3.45. The number of hydrogen-bond acceptors (Lipinski definition) is 5. The molecule has 1 aliphatic carbocycles. The van der Waals surface area contributed by atoms with Crippen molar-refractivity contribution in [3.05, 3.63) is 47.6 Å². The molecule has 1 heterocycles. The van der Waals surface area contributed by atoms with Crippen LogP contribution in [0.1, 0.15) is 42.3 Å². The van der Waals surface area contributed by atoms with Gasteiger partial charge in [-0.3, -0.25) is 0 Å². The first kappa shape index (κ1) is 12.3. The number of nitrogens with zero attached hydrogens (tertiary/aromatic N) is 2. The van der Waals surface area contributed by atoms with E-state index in [9.17, 15) is 0 Å². The van der Waals surface area contributed by atoms with Crippen LogP contribution in [-0.4, -0.2) is 17.3 Å². The Morgan fingerprint density at radius 1 is 1.32 bits per heavy atom. The first-order valence-corrected chi connectivity index (χ1v) is 6.46. The summed E-state index contributed by atoms with van der Waals surface area (Å²) in [4.78, 5) is 4.39. The van der Waals surface area contributed by atoms with E-state index in [0.29, 0.717) is 17.6 Å². The van der Waals surface area contributed by atoms with E-state index in [4.69, 9.17) is 15.0 Å². The highest BCUT2D eigenvalue weighted by Gasteiger charge is 2.33. The van der Waals surface area contributed by atoms with Crippen molar-refractivity contribution in [3.63, 3.8) is 0 Å². The monoisotopic (exact) mass is 259 g/mol. The second-order valence-corrected chi connectivity index (χ2v) is 4.88. The van der Waals surface area contributed by atoms with Gasteiger partial charge in [-0.2, -0.15) is 4.98 Å². The Morgan fingerprint density at radius 2 is 2.05 bits per heavy atom. The van der Waals surface area contributed by atoms with Crippen LogP contribution in [0.15, 0.2) is 34.9 Å². The van der Waals surface area contributed by atoms with Crippen molar-refractivity contribution in [2.45, 2.75) is 25.0 Å². The van der Waals surface area contributed by atoms with Crippen LogP contribution in [-0.2, 0) is 4.74 Å². The second-order valence-electron chi connectivity index (χ2n) is 4.88. The van der Waals surface area contributed by atoms with Crippen LogP contribution in [0.25, 0.3) is 0 Å². The Balaban J connectivity index is 1.84. The van der Waals surface area contributed by atoms with Gasteiger partial charge in [0.1, 0.15) is 0 Å². The van der Waals surface area contributed by atoms with Crippen LogP contribution in [0.5, 0.6) is 0 Å². The number of rotatable bonds is 5. The lowest BCUT2D eigenvalue weighted by molar-refractivity contribution is 0.105. The van der Waals surface area contributed by atoms with Crippen LogP contribution in [0.4, 0.5) is 0 Å². The summed E-state index contributed by atoms with van der Waals surface area (Å²) >= 11 is 0. The summed E-state index contributed by atoms with van der Waals surface area (Å²) in [6.45, 7) is 0. The SMILES string of the molecule is COC(c1ccccc1)c1nc(C(N)C2CC2)no1. The van der Waals surface area contributed by atoms with Crippen molar-refractivity contribution in [2.24, 2.45) is 11.7 Å². The van der Waals surface area contributed by atoms with Crippen LogP contribution in [0.3, 0.4) is 0 Å². The van der Waals surface area contributed by atoms with E-state index in [1.54, 1.807) is 7.11 Å². The fraction of sp³-hybridized carbons (Fsp3) is 0.429. The summed E-state index contributed by atoms with van der Waals surface area (Å²) in [5, 5.41) is 3.98. The van der Waals surface area contributed by atoms with Gasteiger partial charge in [0.15, 0.2) is 11.9 Å². The van der Waals surface area contributed by atoms with Gasteiger partial charge in [0, 0.05) is 7.11 Å². The molecule has 5 heteroatoms. The van der Waals surface area contributed by atoms with Crippen LogP contribution < -0.4 is 5.73 Å². The number of nitrogens with two attached hydrogens (primary N) is 1. The van der Waals surface area contributed by atoms with E-state index < -0.39 is 0 Å². The largest absolute Gasteiger partial charge is 0.367 e. The van der Waals surface area contributed by atoms with Crippen molar-refractivity contribution in [1.82, 2.24) is 10.1 Å². The molecule has 0 aliphatic heterocycles. The summed E-state index contributed by atoms with van der Waals surface area (Å²) in [6, 6.07) is 9.69. The molecule has 1 saturated carbocycles. The Hall–Kier alpha value is -1.72. The van der Waals surface area contributed by atoms with Crippen molar-refractivity contribution in [1.29, 1.82) is 0 Å². The van der Waals surface area contributed by atoms with Crippen molar-refractivity contribution < 1.29 is 9.26 Å². The highest BCUT2D eigenvalue weighted by atomic mass is 16.5. The predicted molar refractivity (Wildman–Crippen MR) is 69.2 cm³/mol. The van der Waals surface area contributed by atoms with Crippen LogP contribution in [0.2, 0.25) is 0 Å². The minimum absolute atomic E-state index is 0.120. The fourth-order valence-corrected chi connectivity index (χ4v) is 2.16. The zero-order chi connectivity index (χ0) is 13.2. The molecule has 2 atom stereocenters. The molecular formula is C14H17N3O2. The molecule has 19 heavy (non-hydrogen) atoms. The van der Waals surface area contributed by atoms with Gasteiger partial charge >= 0.3 is 0 Å². The zero-order valence-electron chi connectivity index (χ0n) is 10.8. The Bertz CT molecular complexity index is 537. The third-order valence-corrected chi connectivity index (χ3v) is 3.45. The average molecular weight is 259 g/mol. The van der Waals surface area contributed by atoms with Crippen LogP contribution >= 0.6 is 0 Å². The average Bonchev–Trinajstić information content (AvgIpc) is 3.19. The van der Waals surface area contributed by atoms with Gasteiger partial charge in [0.05, 0.1) is 6.04 Å². The molecule has 2 unspecified atom stereocenters. The summed E-state index contributed by atoms with van der Waals surface area (Å²) in [7, 11) is 1.63. The molecule has 1 aliphatic rings. The van der Waals surface area contributed by atoms with Crippen LogP contribution in [0, 0.1) is 5.92 Å². The predicted octanol–water partition coefficient (Wildman–Crippen LogP) is 2.22. The number of hydrogen-bond donors (Lipinski definition) is 1. The smallest absolute Gasteiger partial charge is 0.260 e. The molecule has 0 amide bonds. The fourth-order valence-electron chi connectivity index (χ4n) is 2.16. The zero-order valence-corrected chi connectivity index (χ0v) is 10.8. The first-order chi connectivity index (χ1) is 9.29. The van der Waals surface area contributed by atoms with E-state index in [2.05, 4.69) is 10.1 Å². The normalized spacial score (nSPS) is 18.2. The van der Waals surface area contributed by atoms with E-state index in [0.717, 1.165) is 18.4 Å². The van der Waals surface area contributed by atoms with Gasteiger partial charge in [-0.15, -0.1) is 0 Å². The third kappa shape index (κ3) is 2.52. The summed E-state index contributed by atoms with van der Waals surface area (Å²) in [6.07, 6.45) is 1.96. The van der Waals surface area contributed by atoms with E-state index in [1.165, 1.54) is 0 Å². The lowest BCUT2D eigenvalue weighted by Crippen LogP contribution is -2.14.